The van der Waals surface area contributed by atoms with Gasteiger partial charge in [0.2, 0.25) is 0 Å². The van der Waals surface area contributed by atoms with Crippen LogP contribution in [0.15, 0.2) is 24.3 Å². The van der Waals surface area contributed by atoms with Gasteiger partial charge in [-0.2, -0.15) is 10.4 Å². The third kappa shape index (κ3) is 2.12. The van der Waals surface area contributed by atoms with Gasteiger partial charge in [-0.25, -0.2) is 9.07 Å². The Bertz CT molecular complexity index is 608. The smallest absolute Gasteiger partial charge is 0.124 e. The molecular formula is C14H14FN3. The van der Waals surface area contributed by atoms with Gasteiger partial charge in [-0.15, -0.1) is 0 Å². The van der Waals surface area contributed by atoms with Crippen molar-refractivity contribution in [2.24, 2.45) is 0 Å². The van der Waals surface area contributed by atoms with Crippen LogP contribution in [0.5, 0.6) is 0 Å². The molecule has 1 aromatic heterocycles. The van der Waals surface area contributed by atoms with E-state index in [9.17, 15) is 4.39 Å². The summed E-state index contributed by atoms with van der Waals surface area (Å²) in [5.41, 5.74) is 2.93. The number of nitrogens with zero attached hydrogens (tertiary/aromatic N) is 3. The first-order chi connectivity index (χ1) is 8.69. The molecule has 0 atom stereocenters. The number of hydrogen-bond acceptors (Lipinski definition) is 2. The molecule has 0 spiro atoms. The highest BCUT2D eigenvalue weighted by Gasteiger charge is 2.11. The predicted octanol–water partition coefficient (Wildman–Crippen LogP) is 3.01. The zero-order valence-electron chi connectivity index (χ0n) is 10.4. The fraction of sp³-hybridized carbons (Fsp3) is 0.286. The minimum absolute atomic E-state index is 0.301. The number of aromatic nitrogens is 2. The average Bonchev–Trinajstić information content (AvgIpc) is 2.81. The van der Waals surface area contributed by atoms with Crippen LogP contribution in [0.25, 0.3) is 5.69 Å². The maximum atomic E-state index is 13.1. The van der Waals surface area contributed by atoms with E-state index in [0.717, 1.165) is 24.2 Å². The SMILES string of the molecule is CCc1cc(CC)n(-c2ccc(F)cc2C#N)n1. The van der Waals surface area contributed by atoms with E-state index in [1.54, 1.807) is 10.7 Å². The topological polar surface area (TPSA) is 41.6 Å². The van der Waals surface area contributed by atoms with Crippen LogP contribution in [-0.2, 0) is 12.8 Å². The van der Waals surface area contributed by atoms with E-state index in [-0.39, 0.29) is 0 Å². The summed E-state index contributed by atoms with van der Waals surface area (Å²) < 4.78 is 14.9. The molecule has 2 aromatic rings. The molecular weight excluding hydrogens is 229 g/mol. The molecule has 0 saturated heterocycles. The minimum Gasteiger partial charge on any atom is -0.236 e. The fourth-order valence-electron chi connectivity index (χ4n) is 1.89. The molecule has 18 heavy (non-hydrogen) atoms. The Morgan fingerprint density at radius 2 is 2.06 bits per heavy atom. The lowest BCUT2D eigenvalue weighted by Gasteiger charge is -2.07. The molecule has 1 heterocycles. The van der Waals surface area contributed by atoms with Gasteiger partial charge in [0, 0.05) is 5.69 Å². The van der Waals surface area contributed by atoms with E-state index in [0.29, 0.717) is 11.3 Å². The Balaban J connectivity index is 2.61. The van der Waals surface area contributed by atoms with Gasteiger partial charge in [0.1, 0.15) is 11.9 Å². The first-order valence-corrected chi connectivity index (χ1v) is 5.97. The minimum atomic E-state index is -0.406. The molecule has 0 unspecified atom stereocenters. The highest BCUT2D eigenvalue weighted by Crippen LogP contribution is 2.18. The second-order valence-corrected chi connectivity index (χ2v) is 4.02. The van der Waals surface area contributed by atoms with Crippen molar-refractivity contribution in [3.05, 3.63) is 47.0 Å². The van der Waals surface area contributed by atoms with E-state index in [4.69, 9.17) is 5.26 Å². The van der Waals surface area contributed by atoms with Gasteiger partial charge in [0.05, 0.1) is 16.9 Å². The molecule has 4 heteroatoms. The maximum Gasteiger partial charge on any atom is 0.124 e. The van der Waals surface area contributed by atoms with Crippen LogP contribution >= 0.6 is 0 Å². The number of benzene rings is 1. The molecule has 0 saturated carbocycles. The van der Waals surface area contributed by atoms with Crippen molar-refractivity contribution < 1.29 is 4.39 Å². The predicted molar refractivity (Wildman–Crippen MR) is 67.0 cm³/mol. The zero-order chi connectivity index (χ0) is 13.1. The molecule has 0 bridgehead atoms. The Morgan fingerprint density at radius 1 is 1.28 bits per heavy atom. The van der Waals surface area contributed by atoms with E-state index >= 15 is 0 Å². The number of nitriles is 1. The molecule has 0 fully saturated rings. The Morgan fingerprint density at radius 3 is 2.67 bits per heavy atom. The van der Waals surface area contributed by atoms with Crippen molar-refractivity contribution in [3.63, 3.8) is 0 Å². The quantitative estimate of drug-likeness (QED) is 0.831. The van der Waals surface area contributed by atoms with Crippen LogP contribution in [0.4, 0.5) is 4.39 Å². The highest BCUT2D eigenvalue weighted by atomic mass is 19.1. The summed E-state index contributed by atoms with van der Waals surface area (Å²) in [5.74, 6) is -0.406. The molecule has 0 aliphatic heterocycles. The highest BCUT2D eigenvalue weighted by molar-refractivity contribution is 5.49. The van der Waals surface area contributed by atoms with Crippen molar-refractivity contribution in [2.45, 2.75) is 26.7 Å². The lowest BCUT2D eigenvalue weighted by Crippen LogP contribution is -2.04. The summed E-state index contributed by atoms with van der Waals surface area (Å²) >= 11 is 0. The van der Waals surface area contributed by atoms with E-state index in [1.165, 1.54) is 12.1 Å². The molecule has 0 aliphatic carbocycles. The van der Waals surface area contributed by atoms with E-state index in [2.05, 4.69) is 5.10 Å². The van der Waals surface area contributed by atoms with Crippen LogP contribution in [0.1, 0.15) is 30.8 Å². The zero-order valence-corrected chi connectivity index (χ0v) is 10.4. The van der Waals surface area contributed by atoms with Crippen LogP contribution < -0.4 is 0 Å². The van der Waals surface area contributed by atoms with Crippen molar-refractivity contribution >= 4 is 0 Å². The standard InChI is InChI=1S/C14H14FN3/c1-3-12-8-13(4-2)18(17-12)14-6-5-11(15)7-10(14)9-16/h5-8H,3-4H2,1-2H3. The maximum absolute atomic E-state index is 13.1. The number of aryl methyl sites for hydroxylation is 2. The molecule has 1 aromatic carbocycles. The lowest BCUT2D eigenvalue weighted by molar-refractivity contribution is 0.626. The average molecular weight is 243 g/mol. The van der Waals surface area contributed by atoms with Crippen LogP contribution in [0.2, 0.25) is 0 Å². The molecule has 2 rings (SSSR count). The normalized spacial score (nSPS) is 10.3. The molecule has 92 valence electrons. The van der Waals surface area contributed by atoms with E-state index < -0.39 is 5.82 Å². The second-order valence-electron chi connectivity index (χ2n) is 4.02. The van der Waals surface area contributed by atoms with Crippen LogP contribution in [0.3, 0.4) is 0 Å². The lowest BCUT2D eigenvalue weighted by atomic mass is 10.2. The summed E-state index contributed by atoms with van der Waals surface area (Å²) in [6.45, 7) is 4.06. The summed E-state index contributed by atoms with van der Waals surface area (Å²) in [7, 11) is 0. The number of halogens is 1. The van der Waals surface area contributed by atoms with Crippen molar-refractivity contribution in [2.75, 3.05) is 0 Å². The van der Waals surface area contributed by atoms with Gasteiger partial charge in [-0.05, 0) is 37.1 Å². The Kier molecular flexibility index (Phi) is 3.42. The molecule has 0 radical (unpaired) electrons. The van der Waals surface area contributed by atoms with Crippen molar-refractivity contribution in [3.8, 4) is 11.8 Å². The molecule has 0 amide bonds. The first-order valence-electron chi connectivity index (χ1n) is 5.97. The van der Waals surface area contributed by atoms with Crippen LogP contribution in [-0.4, -0.2) is 9.78 Å². The third-order valence-corrected chi connectivity index (χ3v) is 2.87. The van der Waals surface area contributed by atoms with Gasteiger partial charge >= 0.3 is 0 Å². The van der Waals surface area contributed by atoms with Crippen LogP contribution in [0, 0.1) is 17.1 Å². The second kappa shape index (κ2) is 5.01. The Labute approximate surface area is 105 Å². The monoisotopic (exact) mass is 243 g/mol. The summed E-state index contributed by atoms with van der Waals surface area (Å²) in [4.78, 5) is 0. The number of rotatable bonds is 3. The fourth-order valence-corrected chi connectivity index (χ4v) is 1.89. The Hall–Kier alpha value is -2.15. The number of hydrogen-bond donors (Lipinski definition) is 0. The molecule has 3 nitrogen and oxygen atoms in total. The molecule has 0 N–H and O–H groups in total. The first kappa shape index (κ1) is 12.3. The van der Waals surface area contributed by atoms with Gasteiger partial charge in [-0.1, -0.05) is 13.8 Å². The van der Waals surface area contributed by atoms with E-state index in [1.807, 2.05) is 26.0 Å². The van der Waals surface area contributed by atoms with Crippen molar-refractivity contribution in [1.82, 2.24) is 9.78 Å². The van der Waals surface area contributed by atoms with Gasteiger partial charge in [0.25, 0.3) is 0 Å². The van der Waals surface area contributed by atoms with Gasteiger partial charge < -0.3 is 0 Å². The van der Waals surface area contributed by atoms with Gasteiger partial charge in [-0.3, -0.25) is 0 Å². The summed E-state index contributed by atoms with van der Waals surface area (Å²) in [6, 6.07) is 8.22. The largest absolute Gasteiger partial charge is 0.236 e. The summed E-state index contributed by atoms with van der Waals surface area (Å²) in [6.07, 6.45) is 1.65. The van der Waals surface area contributed by atoms with Crippen molar-refractivity contribution in [1.29, 1.82) is 5.26 Å². The van der Waals surface area contributed by atoms with Gasteiger partial charge in [0.15, 0.2) is 0 Å². The summed E-state index contributed by atoms with van der Waals surface area (Å²) in [5, 5.41) is 13.5. The molecule has 0 aliphatic rings. The third-order valence-electron chi connectivity index (χ3n) is 2.87.